The first kappa shape index (κ1) is 22.8. The Morgan fingerprint density at radius 1 is 1.03 bits per heavy atom. The van der Waals surface area contributed by atoms with Gasteiger partial charge in [0, 0.05) is 18.7 Å². The molecular formula is C23H29ClN2O3S. The first-order valence-electron chi connectivity index (χ1n) is 10.4. The van der Waals surface area contributed by atoms with Gasteiger partial charge in [-0.2, -0.15) is 4.31 Å². The Labute approximate surface area is 184 Å². The van der Waals surface area contributed by atoms with E-state index in [1.54, 1.807) is 6.07 Å². The number of amides is 1. The molecule has 0 saturated carbocycles. The van der Waals surface area contributed by atoms with Crippen LogP contribution in [0.3, 0.4) is 0 Å². The average Bonchev–Trinajstić information content (AvgIpc) is 2.98. The Balaban J connectivity index is 1.84. The molecule has 0 aliphatic carbocycles. The Bertz CT molecular complexity index is 1030. The highest BCUT2D eigenvalue weighted by molar-refractivity contribution is 7.89. The predicted molar refractivity (Wildman–Crippen MR) is 120 cm³/mol. The Hall–Kier alpha value is -1.89. The molecule has 1 N–H and O–H groups in total. The molecule has 30 heavy (non-hydrogen) atoms. The van der Waals surface area contributed by atoms with Crippen LogP contribution >= 0.6 is 11.6 Å². The molecule has 1 fully saturated rings. The van der Waals surface area contributed by atoms with E-state index in [1.165, 1.54) is 16.4 Å². The lowest BCUT2D eigenvalue weighted by Gasteiger charge is -2.21. The van der Waals surface area contributed by atoms with Crippen LogP contribution in [-0.2, 0) is 10.0 Å². The van der Waals surface area contributed by atoms with Crippen molar-refractivity contribution in [3.63, 3.8) is 0 Å². The van der Waals surface area contributed by atoms with Crippen molar-refractivity contribution in [2.75, 3.05) is 13.1 Å². The van der Waals surface area contributed by atoms with Gasteiger partial charge in [-0.15, -0.1) is 0 Å². The summed E-state index contributed by atoms with van der Waals surface area (Å²) in [6, 6.07) is 10.3. The van der Waals surface area contributed by atoms with Gasteiger partial charge in [-0.1, -0.05) is 48.2 Å². The highest BCUT2D eigenvalue weighted by atomic mass is 35.5. The monoisotopic (exact) mass is 448 g/mol. The maximum absolute atomic E-state index is 13.2. The van der Waals surface area contributed by atoms with Crippen LogP contribution in [0.2, 0.25) is 5.02 Å². The third-order valence-corrected chi connectivity index (χ3v) is 8.00. The molecule has 7 heteroatoms. The molecular weight excluding hydrogens is 420 g/mol. The van der Waals surface area contributed by atoms with Crippen molar-refractivity contribution in [3.05, 3.63) is 63.7 Å². The van der Waals surface area contributed by atoms with Gasteiger partial charge in [-0.3, -0.25) is 4.79 Å². The van der Waals surface area contributed by atoms with E-state index in [0.717, 1.165) is 42.4 Å². The molecule has 5 nitrogen and oxygen atoms in total. The van der Waals surface area contributed by atoms with Crippen LogP contribution in [0.25, 0.3) is 0 Å². The second kappa shape index (κ2) is 9.50. The SMILES string of the molecule is Cc1ccc([C@@H](C)NC(=O)c2ccc(Cl)c(S(=O)(=O)N3CCCCCC3)c2)c(C)c1. The summed E-state index contributed by atoms with van der Waals surface area (Å²) in [5, 5.41) is 3.11. The molecule has 0 bridgehead atoms. The maximum atomic E-state index is 13.2. The summed E-state index contributed by atoms with van der Waals surface area (Å²) < 4.78 is 27.8. The summed E-state index contributed by atoms with van der Waals surface area (Å²) in [7, 11) is -3.74. The van der Waals surface area contributed by atoms with Crippen LogP contribution < -0.4 is 5.32 Å². The van der Waals surface area contributed by atoms with Gasteiger partial charge < -0.3 is 5.32 Å². The molecule has 0 radical (unpaired) electrons. The van der Waals surface area contributed by atoms with Crippen LogP contribution in [-0.4, -0.2) is 31.7 Å². The number of carbonyl (C=O) groups excluding carboxylic acids is 1. The number of carbonyl (C=O) groups is 1. The van der Waals surface area contributed by atoms with E-state index in [0.29, 0.717) is 13.1 Å². The van der Waals surface area contributed by atoms with Crippen molar-refractivity contribution in [2.45, 2.75) is 57.4 Å². The van der Waals surface area contributed by atoms with Crippen molar-refractivity contribution < 1.29 is 13.2 Å². The molecule has 1 amide bonds. The van der Waals surface area contributed by atoms with Gasteiger partial charge in [-0.25, -0.2) is 8.42 Å². The van der Waals surface area contributed by atoms with E-state index >= 15 is 0 Å². The van der Waals surface area contributed by atoms with Crippen molar-refractivity contribution in [1.82, 2.24) is 9.62 Å². The summed E-state index contributed by atoms with van der Waals surface area (Å²) in [5.74, 6) is -0.327. The van der Waals surface area contributed by atoms with E-state index in [-0.39, 0.29) is 27.4 Å². The fourth-order valence-corrected chi connectivity index (χ4v) is 5.95. The second-order valence-corrected chi connectivity index (χ2v) is 10.3. The van der Waals surface area contributed by atoms with E-state index in [1.807, 2.05) is 32.9 Å². The number of nitrogens with one attached hydrogen (secondary N) is 1. The molecule has 0 aromatic heterocycles. The van der Waals surface area contributed by atoms with Crippen LogP contribution in [0, 0.1) is 13.8 Å². The van der Waals surface area contributed by atoms with Gasteiger partial charge in [-0.05, 0) is 62.9 Å². The topological polar surface area (TPSA) is 66.5 Å². The normalized spacial score (nSPS) is 16.7. The summed E-state index contributed by atoms with van der Waals surface area (Å²) in [6.45, 7) is 6.93. The standard InChI is InChI=1S/C23H29ClN2O3S/c1-16-8-10-20(17(2)14-16)18(3)25-23(27)19-9-11-21(24)22(15-19)30(28,29)26-12-6-4-5-7-13-26/h8-11,14-15,18H,4-7,12-13H2,1-3H3,(H,25,27)/t18-/m1/s1. The van der Waals surface area contributed by atoms with Crippen LogP contribution in [0.4, 0.5) is 0 Å². The number of nitrogens with zero attached hydrogens (tertiary/aromatic N) is 1. The third-order valence-electron chi connectivity index (χ3n) is 5.62. The van der Waals surface area contributed by atoms with E-state index in [2.05, 4.69) is 11.4 Å². The highest BCUT2D eigenvalue weighted by Gasteiger charge is 2.28. The minimum Gasteiger partial charge on any atom is -0.346 e. The number of hydrogen-bond donors (Lipinski definition) is 1. The lowest BCUT2D eigenvalue weighted by atomic mass is 10.00. The fraction of sp³-hybridized carbons (Fsp3) is 0.435. The van der Waals surface area contributed by atoms with Gasteiger partial charge in [0.05, 0.1) is 11.1 Å². The van der Waals surface area contributed by atoms with Gasteiger partial charge in [0.1, 0.15) is 4.90 Å². The van der Waals surface area contributed by atoms with Crippen molar-refractivity contribution >= 4 is 27.5 Å². The molecule has 1 aliphatic rings. The van der Waals surface area contributed by atoms with E-state index in [4.69, 9.17) is 11.6 Å². The van der Waals surface area contributed by atoms with E-state index in [9.17, 15) is 13.2 Å². The highest BCUT2D eigenvalue weighted by Crippen LogP contribution is 2.28. The van der Waals surface area contributed by atoms with Crippen molar-refractivity contribution in [1.29, 1.82) is 0 Å². The van der Waals surface area contributed by atoms with Crippen molar-refractivity contribution in [3.8, 4) is 0 Å². The number of benzene rings is 2. The van der Waals surface area contributed by atoms with E-state index < -0.39 is 10.0 Å². The van der Waals surface area contributed by atoms with Crippen molar-refractivity contribution in [2.24, 2.45) is 0 Å². The van der Waals surface area contributed by atoms with Crippen LogP contribution in [0.5, 0.6) is 0 Å². The molecule has 1 saturated heterocycles. The molecule has 1 aliphatic heterocycles. The smallest absolute Gasteiger partial charge is 0.251 e. The third kappa shape index (κ3) is 5.05. The van der Waals surface area contributed by atoms with Crippen LogP contribution in [0.15, 0.2) is 41.3 Å². The number of sulfonamides is 1. The molecule has 2 aromatic rings. The second-order valence-electron chi connectivity index (χ2n) is 8.02. The molecule has 1 atom stereocenters. The van der Waals surface area contributed by atoms with Crippen LogP contribution in [0.1, 0.15) is 65.7 Å². The lowest BCUT2D eigenvalue weighted by molar-refractivity contribution is 0.0939. The lowest BCUT2D eigenvalue weighted by Crippen LogP contribution is -2.32. The largest absolute Gasteiger partial charge is 0.346 e. The Morgan fingerprint density at radius 3 is 2.33 bits per heavy atom. The Kier molecular flexibility index (Phi) is 7.22. The quantitative estimate of drug-likeness (QED) is 0.698. The van der Waals surface area contributed by atoms with Gasteiger partial charge >= 0.3 is 0 Å². The first-order valence-corrected chi connectivity index (χ1v) is 12.2. The summed E-state index contributed by atoms with van der Waals surface area (Å²) >= 11 is 6.25. The Morgan fingerprint density at radius 2 is 1.70 bits per heavy atom. The van der Waals surface area contributed by atoms with Gasteiger partial charge in [0.25, 0.3) is 5.91 Å². The molecule has 0 spiro atoms. The zero-order valence-electron chi connectivity index (χ0n) is 17.7. The zero-order chi connectivity index (χ0) is 21.9. The summed E-state index contributed by atoms with van der Waals surface area (Å²) in [5.41, 5.74) is 3.57. The molecule has 162 valence electrons. The molecule has 2 aromatic carbocycles. The maximum Gasteiger partial charge on any atom is 0.251 e. The number of aryl methyl sites for hydroxylation is 2. The predicted octanol–water partition coefficient (Wildman–Crippen LogP) is 5.01. The fourth-order valence-electron chi connectivity index (χ4n) is 3.93. The average molecular weight is 449 g/mol. The first-order chi connectivity index (χ1) is 14.2. The molecule has 1 heterocycles. The van der Waals surface area contributed by atoms with Gasteiger partial charge in [0.15, 0.2) is 0 Å². The minimum atomic E-state index is -3.74. The molecule has 3 rings (SSSR count). The van der Waals surface area contributed by atoms with Gasteiger partial charge in [0.2, 0.25) is 10.0 Å². The summed E-state index contributed by atoms with van der Waals surface area (Å²) in [4.78, 5) is 12.9. The summed E-state index contributed by atoms with van der Waals surface area (Å²) in [6.07, 6.45) is 3.73. The number of hydrogen-bond acceptors (Lipinski definition) is 3. The zero-order valence-corrected chi connectivity index (χ0v) is 19.3. The molecule has 0 unspecified atom stereocenters. The number of halogens is 1. The minimum absolute atomic E-state index is 0.00196. The number of rotatable bonds is 5.